The normalized spacial score (nSPS) is 10.9. The average molecular weight is 234 g/mol. The summed E-state index contributed by atoms with van der Waals surface area (Å²) in [6, 6.07) is 10.0. The zero-order valence-electron chi connectivity index (χ0n) is 9.34. The maximum absolute atomic E-state index is 5.23. The minimum absolute atomic E-state index is 0.628. The Balaban J connectivity index is 2.48. The first-order valence-electron chi connectivity index (χ1n) is 5.05. The van der Waals surface area contributed by atoms with Crippen molar-refractivity contribution in [2.24, 2.45) is 0 Å². The van der Waals surface area contributed by atoms with Gasteiger partial charge in [-0.3, -0.25) is 9.67 Å². The number of aromatic amines is 1. The molecule has 16 heavy (non-hydrogen) atoms. The quantitative estimate of drug-likeness (QED) is 0.825. The van der Waals surface area contributed by atoms with Gasteiger partial charge in [0.2, 0.25) is 0 Å². The molecule has 0 aliphatic carbocycles. The molecule has 1 aromatic carbocycles. The van der Waals surface area contributed by atoms with E-state index in [1.54, 1.807) is 0 Å². The fourth-order valence-corrected chi connectivity index (χ4v) is 1.82. The molecule has 0 amide bonds. The highest BCUT2D eigenvalue weighted by Crippen LogP contribution is 2.11. The van der Waals surface area contributed by atoms with E-state index >= 15 is 0 Å². The predicted molar refractivity (Wildman–Crippen MR) is 66.1 cm³/mol. The molecular formula is C11H14N4S. The lowest BCUT2D eigenvalue weighted by Crippen LogP contribution is -2.15. The Morgan fingerprint density at radius 3 is 2.62 bits per heavy atom. The van der Waals surface area contributed by atoms with Crippen molar-refractivity contribution >= 4 is 12.2 Å². The molecule has 0 fully saturated rings. The Labute approximate surface area is 99.5 Å². The van der Waals surface area contributed by atoms with E-state index in [1.165, 1.54) is 0 Å². The summed E-state index contributed by atoms with van der Waals surface area (Å²) in [4.78, 5) is 2.06. The van der Waals surface area contributed by atoms with Crippen molar-refractivity contribution in [3.8, 4) is 5.69 Å². The molecule has 4 nitrogen and oxygen atoms in total. The molecular weight excluding hydrogens is 220 g/mol. The average Bonchev–Trinajstić information content (AvgIpc) is 2.60. The fraction of sp³-hybridized carbons (Fsp3) is 0.273. The second-order valence-corrected chi connectivity index (χ2v) is 4.24. The number of H-pyrrole nitrogens is 1. The molecule has 0 bridgehead atoms. The molecule has 1 N–H and O–H groups in total. The summed E-state index contributed by atoms with van der Waals surface area (Å²) in [7, 11) is 4.01. The van der Waals surface area contributed by atoms with Gasteiger partial charge in [0.15, 0.2) is 4.77 Å². The second kappa shape index (κ2) is 4.59. The van der Waals surface area contributed by atoms with Gasteiger partial charge in [-0.2, -0.15) is 5.10 Å². The Bertz CT molecular complexity index is 512. The third-order valence-corrected chi connectivity index (χ3v) is 2.49. The molecule has 0 spiro atoms. The number of rotatable bonds is 3. The van der Waals surface area contributed by atoms with Crippen LogP contribution in [0.4, 0.5) is 0 Å². The largest absolute Gasteiger partial charge is 0.302 e. The molecule has 1 heterocycles. The molecule has 0 aliphatic rings. The van der Waals surface area contributed by atoms with Crippen molar-refractivity contribution in [2.75, 3.05) is 14.1 Å². The number of nitrogens with zero attached hydrogens (tertiary/aromatic N) is 3. The van der Waals surface area contributed by atoms with Crippen molar-refractivity contribution in [3.05, 3.63) is 40.9 Å². The van der Waals surface area contributed by atoms with E-state index in [0.717, 1.165) is 18.1 Å². The number of hydrogen-bond acceptors (Lipinski definition) is 3. The summed E-state index contributed by atoms with van der Waals surface area (Å²) < 4.78 is 2.58. The summed E-state index contributed by atoms with van der Waals surface area (Å²) in [6.45, 7) is 0.752. The van der Waals surface area contributed by atoms with E-state index < -0.39 is 0 Å². The van der Waals surface area contributed by atoms with Crippen molar-refractivity contribution in [1.29, 1.82) is 0 Å². The van der Waals surface area contributed by atoms with Gasteiger partial charge < -0.3 is 4.90 Å². The van der Waals surface area contributed by atoms with Crippen LogP contribution in [0, 0.1) is 4.77 Å². The SMILES string of the molecule is CN(C)Cc1n[nH]c(=S)n1-c1ccccc1. The maximum atomic E-state index is 5.23. The van der Waals surface area contributed by atoms with E-state index in [0.29, 0.717) is 4.77 Å². The second-order valence-electron chi connectivity index (χ2n) is 3.85. The Morgan fingerprint density at radius 1 is 1.31 bits per heavy atom. The van der Waals surface area contributed by atoms with Crippen molar-refractivity contribution in [1.82, 2.24) is 19.7 Å². The van der Waals surface area contributed by atoms with Crippen LogP contribution in [0.3, 0.4) is 0 Å². The summed E-state index contributed by atoms with van der Waals surface area (Å²) in [5.41, 5.74) is 1.04. The van der Waals surface area contributed by atoms with Crippen molar-refractivity contribution in [2.45, 2.75) is 6.54 Å². The molecule has 0 radical (unpaired) electrons. The van der Waals surface area contributed by atoms with Crippen LogP contribution < -0.4 is 0 Å². The summed E-state index contributed by atoms with van der Waals surface area (Å²) in [6.07, 6.45) is 0. The van der Waals surface area contributed by atoms with Gasteiger partial charge >= 0.3 is 0 Å². The zero-order valence-corrected chi connectivity index (χ0v) is 10.2. The van der Waals surface area contributed by atoms with Crippen molar-refractivity contribution in [3.63, 3.8) is 0 Å². The van der Waals surface area contributed by atoms with Gasteiger partial charge in [-0.1, -0.05) is 18.2 Å². The highest BCUT2D eigenvalue weighted by Gasteiger charge is 2.08. The lowest BCUT2D eigenvalue weighted by atomic mass is 10.3. The van der Waals surface area contributed by atoms with E-state index in [1.807, 2.05) is 49.0 Å². The molecule has 84 valence electrons. The monoisotopic (exact) mass is 234 g/mol. The van der Waals surface area contributed by atoms with Crippen LogP contribution >= 0.6 is 12.2 Å². The first kappa shape index (κ1) is 11.0. The van der Waals surface area contributed by atoms with Crippen LogP contribution in [0.2, 0.25) is 0 Å². The standard InChI is InChI=1S/C11H14N4S/c1-14(2)8-10-12-13-11(16)15(10)9-6-4-3-5-7-9/h3-7H,8H2,1-2H3,(H,13,16). The topological polar surface area (TPSA) is 36.9 Å². The van der Waals surface area contributed by atoms with Crippen molar-refractivity contribution < 1.29 is 0 Å². The van der Waals surface area contributed by atoms with E-state index in [9.17, 15) is 0 Å². The van der Waals surface area contributed by atoms with Crippen LogP contribution in [-0.2, 0) is 6.54 Å². The molecule has 2 rings (SSSR count). The highest BCUT2D eigenvalue weighted by atomic mass is 32.1. The molecule has 0 atom stereocenters. The van der Waals surface area contributed by atoms with Crippen LogP contribution in [0.5, 0.6) is 0 Å². The number of para-hydroxylation sites is 1. The van der Waals surface area contributed by atoms with Gasteiger partial charge in [0.05, 0.1) is 6.54 Å². The number of hydrogen-bond donors (Lipinski definition) is 1. The van der Waals surface area contributed by atoms with Gasteiger partial charge in [0.25, 0.3) is 0 Å². The van der Waals surface area contributed by atoms with E-state index in [2.05, 4.69) is 15.1 Å². The molecule has 0 saturated heterocycles. The molecule has 0 unspecified atom stereocenters. The molecule has 2 aromatic rings. The van der Waals surface area contributed by atoms with Gasteiger partial charge in [-0.25, -0.2) is 0 Å². The number of benzene rings is 1. The third-order valence-electron chi connectivity index (χ3n) is 2.21. The van der Waals surface area contributed by atoms with Gasteiger partial charge in [-0.15, -0.1) is 0 Å². The van der Waals surface area contributed by atoms with Crippen LogP contribution in [-0.4, -0.2) is 33.8 Å². The zero-order chi connectivity index (χ0) is 11.5. The summed E-state index contributed by atoms with van der Waals surface area (Å²) in [5, 5.41) is 7.07. The Hall–Kier alpha value is -1.46. The molecule has 5 heteroatoms. The van der Waals surface area contributed by atoms with Crippen LogP contribution in [0.25, 0.3) is 5.69 Å². The predicted octanol–water partition coefficient (Wildman–Crippen LogP) is 1.99. The van der Waals surface area contributed by atoms with E-state index in [4.69, 9.17) is 12.2 Å². The fourth-order valence-electron chi connectivity index (χ4n) is 1.56. The highest BCUT2D eigenvalue weighted by molar-refractivity contribution is 7.71. The maximum Gasteiger partial charge on any atom is 0.199 e. The molecule has 1 aromatic heterocycles. The number of aromatic nitrogens is 3. The Morgan fingerprint density at radius 2 is 2.00 bits per heavy atom. The minimum Gasteiger partial charge on any atom is -0.302 e. The summed E-state index contributed by atoms with van der Waals surface area (Å²) >= 11 is 5.23. The van der Waals surface area contributed by atoms with Gasteiger partial charge in [0, 0.05) is 5.69 Å². The summed E-state index contributed by atoms with van der Waals surface area (Å²) in [5.74, 6) is 0.918. The first-order chi connectivity index (χ1) is 7.68. The molecule has 0 saturated carbocycles. The van der Waals surface area contributed by atoms with Gasteiger partial charge in [-0.05, 0) is 38.4 Å². The molecule has 0 aliphatic heterocycles. The number of nitrogens with one attached hydrogen (secondary N) is 1. The minimum atomic E-state index is 0.628. The van der Waals surface area contributed by atoms with Gasteiger partial charge in [0.1, 0.15) is 5.82 Å². The third kappa shape index (κ3) is 2.20. The lowest BCUT2D eigenvalue weighted by Gasteiger charge is -2.10. The van der Waals surface area contributed by atoms with Crippen LogP contribution in [0.15, 0.2) is 30.3 Å². The lowest BCUT2D eigenvalue weighted by molar-refractivity contribution is 0.387. The smallest absolute Gasteiger partial charge is 0.199 e. The van der Waals surface area contributed by atoms with Crippen LogP contribution in [0.1, 0.15) is 5.82 Å². The first-order valence-corrected chi connectivity index (χ1v) is 5.46. The van der Waals surface area contributed by atoms with E-state index in [-0.39, 0.29) is 0 Å². The Kier molecular flexibility index (Phi) is 3.17.